The monoisotopic (exact) mass is 821 g/mol. The fraction of sp³-hybridized carbons (Fsp3) is 0.0164. The van der Waals surface area contributed by atoms with Crippen LogP contribution in [0.3, 0.4) is 0 Å². The molecule has 2 heterocycles. The topological polar surface area (TPSA) is 29.5 Å². The van der Waals surface area contributed by atoms with Crippen molar-refractivity contribution >= 4 is 60.9 Å². The lowest BCUT2D eigenvalue weighted by Crippen LogP contribution is -2.28. The average Bonchev–Trinajstić information content (AvgIpc) is 4.06. The minimum absolute atomic E-state index is 0.136. The summed E-state index contributed by atoms with van der Waals surface area (Å²) in [6.45, 7) is 0. The first-order chi connectivity index (χ1) is 33.4. The molecule has 0 aliphatic heterocycles. The van der Waals surface area contributed by atoms with Crippen molar-refractivity contribution in [2.45, 2.75) is 5.41 Å². The van der Waals surface area contributed by atoms with Crippen molar-refractivity contribution in [2.24, 2.45) is 0 Å². The van der Waals surface area contributed by atoms with Gasteiger partial charge in [0.15, 0.2) is 0 Å². The van der Waals surface area contributed by atoms with E-state index < -0.39 is 5.41 Å². The van der Waals surface area contributed by atoms with Gasteiger partial charge in [0.05, 0.1) is 10.9 Å². The van der Waals surface area contributed by atoms with Crippen LogP contribution in [0.25, 0.3) is 77.3 Å². The SMILES string of the molecule is [2H]c1c([2H])c(N(c2ccc(-c3cccc4c3oc3ccccc34)cc2)c2ccc3c(c2)C(c2ccccc2)(c2ccccc2)c2ccccc2-3)c([2H])c([2H])c1-c1ccc2oc3ccccc3c2c1. The van der Waals surface area contributed by atoms with Crippen LogP contribution in [-0.2, 0) is 5.41 Å². The molecular formula is C61H39NO2. The summed E-state index contributed by atoms with van der Waals surface area (Å²) >= 11 is 0. The van der Waals surface area contributed by atoms with Crippen molar-refractivity contribution < 1.29 is 14.3 Å². The largest absolute Gasteiger partial charge is 0.456 e. The van der Waals surface area contributed by atoms with Gasteiger partial charge in [-0.3, -0.25) is 0 Å². The Morgan fingerprint density at radius 2 is 0.906 bits per heavy atom. The zero-order valence-corrected chi connectivity index (χ0v) is 34.5. The molecule has 0 amide bonds. The molecule has 0 unspecified atom stereocenters. The molecule has 3 heteroatoms. The molecule has 0 bridgehead atoms. The highest BCUT2D eigenvalue weighted by molar-refractivity contribution is 6.10. The highest BCUT2D eigenvalue weighted by atomic mass is 16.3. The van der Waals surface area contributed by atoms with E-state index in [0.717, 1.165) is 82.8 Å². The first kappa shape index (κ1) is 32.3. The summed E-state index contributed by atoms with van der Waals surface area (Å²) in [5, 5.41) is 3.85. The number of anilines is 3. The Balaban J connectivity index is 1.04. The van der Waals surface area contributed by atoms with E-state index in [4.69, 9.17) is 8.83 Å². The van der Waals surface area contributed by atoms with Crippen LogP contribution in [0.2, 0.25) is 0 Å². The molecule has 0 saturated heterocycles. The van der Waals surface area contributed by atoms with Gasteiger partial charge in [-0.25, -0.2) is 0 Å². The Kier molecular flexibility index (Phi) is 7.24. The zero-order valence-electron chi connectivity index (χ0n) is 38.5. The summed E-state index contributed by atoms with van der Waals surface area (Å²) in [5.41, 5.74) is 13.2. The number of rotatable bonds is 7. The maximum Gasteiger partial charge on any atom is 0.143 e. The smallest absolute Gasteiger partial charge is 0.143 e. The molecule has 10 aromatic carbocycles. The molecule has 3 nitrogen and oxygen atoms in total. The van der Waals surface area contributed by atoms with Gasteiger partial charge in [-0.15, -0.1) is 0 Å². The van der Waals surface area contributed by atoms with Crippen LogP contribution in [0.1, 0.15) is 27.7 Å². The molecule has 300 valence electrons. The Morgan fingerprint density at radius 1 is 0.344 bits per heavy atom. The van der Waals surface area contributed by atoms with E-state index in [0.29, 0.717) is 22.5 Å². The van der Waals surface area contributed by atoms with Crippen LogP contribution in [0.15, 0.2) is 245 Å². The molecular weight excluding hydrogens is 779 g/mol. The normalized spacial score (nSPS) is 13.7. The van der Waals surface area contributed by atoms with Gasteiger partial charge in [-0.05, 0) is 111 Å². The summed E-state index contributed by atoms with van der Waals surface area (Å²) in [5.74, 6) is 0. The molecule has 2 aromatic heterocycles. The predicted octanol–water partition coefficient (Wildman–Crippen LogP) is 16.7. The van der Waals surface area contributed by atoms with Crippen molar-refractivity contribution in [1.29, 1.82) is 0 Å². The van der Waals surface area contributed by atoms with Crippen LogP contribution in [0.4, 0.5) is 17.1 Å². The van der Waals surface area contributed by atoms with Crippen LogP contribution in [0.5, 0.6) is 0 Å². The van der Waals surface area contributed by atoms with Crippen molar-refractivity contribution in [1.82, 2.24) is 0 Å². The highest BCUT2D eigenvalue weighted by Crippen LogP contribution is 2.57. The van der Waals surface area contributed by atoms with Crippen LogP contribution in [-0.4, -0.2) is 0 Å². The number of benzene rings is 10. The van der Waals surface area contributed by atoms with Gasteiger partial charge in [0.1, 0.15) is 22.3 Å². The number of hydrogen-bond acceptors (Lipinski definition) is 3. The maximum absolute atomic E-state index is 9.88. The van der Waals surface area contributed by atoms with Gasteiger partial charge in [0.25, 0.3) is 0 Å². The lowest BCUT2D eigenvalue weighted by atomic mass is 9.67. The van der Waals surface area contributed by atoms with Crippen LogP contribution < -0.4 is 4.90 Å². The third-order valence-corrected chi connectivity index (χ3v) is 13.0. The Hall–Kier alpha value is -8.40. The molecule has 13 rings (SSSR count). The molecule has 0 atom stereocenters. The number of fused-ring (bicyclic) bond motifs is 9. The number of hydrogen-bond donors (Lipinski definition) is 0. The number of nitrogens with zero attached hydrogens (tertiary/aromatic N) is 1. The molecule has 12 aromatic rings. The van der Waals surface area contributed by atoms with Gasteiger partial charge in [-0.1, -0.05) is 176 Å². The second-order valence-electron chi connectivity index (χ2n) is 16.5. The van der Waals surface area contributed by atoms with Gasteiger partial charge >= 0.3 is 0 Å². The standard InChI is InChI=1S/C61H39NO2/c1-3-14-43(15-4-1)61(44-16-5-2-6-17-44)55-23-10-7-18-49(55)50-36-35-47(39-56(50)61)62(45-31-26-40(27-32-45)42-30-37-59-54(38-42)52-20-9-11-24-57(52)63-59)46-33-28-41(29-34-46)48-21-13-22-53-51-19-8-12-25-58(51)64-60(48)53/h1-39H/i26D,27D,31D,32D. The van der Waals surface area contributed by atoms with Gasteiger partial charge in [-0.2, -0.15) is 0 Å². The Labute approximate surface area is 376 Å². The van der Waals surface area contributed by atoms with Crippen LogP contribution in [0, 0.1) is 0 Å². The van der Waals surface area contributed by atoms with Crippen molar-refractivity contribution in [3.05, 3.63) is 259 Å². The van der Waals surface area contributed by atoms with Crippen molar-refractivity contribution in [2.75, 3.05) is 4.90 Å². The average molecular weight is 822 g/mol. The zero-order chi connectivity index (χ0) is 45.7. The number of para-hydroxylation sites is 3. The molecule has 0 radical (unpaired) electrons. The summed E-state index contributed by atoms with van der Waals surface area (Å²) < 4.78 is 51.7. The minimum atomic E-state index is -0.709. The first-order valence-electron chi connectivity index (χ1n) is 23.6. The molecule has 1 aliphatic carbocycles. The number of furan rings is 2. The molecule has 64 heavy (non-hydrogen) atoms. The van der Waals surface area contributed by atoms with E-state index in [1.54, 1.807) is 0 Å². The van der Waals surface area contributed by atoms with E-state index in [1.807, 2.05) is 114 Å². The van der Waals surface area contributed by atoms with Gasteiger partial charge in [0.2, 0.25) is 0 Å². The Bertz CT molecular complexity index is 3900. The second kappa shape index (κ2) is 14.3. The van der Waals surface area contributed by atoms with E-state index in [2.05, 4.69) is 103 Å². The van der Waals surface area contributed by atoms with E-state index >= 15 is 0 Å². The lowest BCUT2D eigenvalue weighted by molar-refractivity contribution is 0.669. The first-order valence-corrected chi connectivity index (χ1v) is 21.6. The van der Waals surface area contributed by atoms with Gasteiger partial charge in [0, 0.05) is 44.2 Å². The van der Waals surface area contributed by atoms with E-state index in [9.17, 15) is 5.48 Å². The second-order valence-corrected chi connectivity index (χ2v) is 16.5. The summed E-state index contributed by atoms with van der Waals surface area (Å²) in [4.78, 5) is 1.90. The van der Waals surface area contributed by atoms with Crippen molar-refractivity contribution in [3.8, 4) is 33.4 Å². The molecule has 1 aliphatic rings. The molecule has 0 N–H and O–H groups in total. The highest BCUT2D eigenvalue weighted by Gasteiger charge is 2.46. The minimum Gasteiger partial charge on any atom is -0.456 e. The third-order valence-electron chi connectivity index (χ3n) is 13.0. The van der Waals surface area contributed by atoms with E-state index in [1.165, 1.54) is 0 Å². The summed E-state index contributed by atoms with van der Waals surface area (Å²) in [6.07, 6.45) is 0. The fourth-order valence-corrected chi connectivity index (χ4v) is 10.2. The fourth-order valence-electron chi connectivity index (χ4n) is 10.2. The predicted molar refractivity (Wildman–Crippen MR) is 264 cm³/mol. The summed E-state index contributed by atoms with van der Waals surface area (Å²) in [6, 6.07) is 71.3. The Morgan fingerprint density at radius 3 is 1.66 bits per heavy atom. The molecule has 0 saturated carbocycles. The lowest BCUT2D eigenvalue weighted by Gasteiger charge is -2.35. The quantitative estimate of drug-likeness (QED) is 0.160. The third kappa shape index (κ3) is 5.47. The summed E-state index contributed by atoms with van der Waals surface area (Å²) in [7, 11) is 0. The molecule has 0 fully saturated rings. The van der Waals surface area contributed by atoms with Crippen LogP contribution >= 0.6 is 0 Å². The van der Waals surface area contributed by atoms with Crippen molar-refractivity contribution in [3.63, 3.8) is 0 Å². The van der Waals surface area contributed by atoms with E-state index in [-0.39, 0.29) is 35.4 Å². The van der Waals surface area contributed by atoms with Gasteiger partial charge < -0.3 is 13.7 Å². The molecule has 0 spiro atoms. The maximum atomic E-state index is 9.88.